The summed E-state index contributed by atoms with van der Waals surface area (Å²) in [6.07, 6.45) is 0.242. The van der Waals surface area contributed by atoms with Crippen LogP contribution in [0, 0.1) is 0 Å². The van der Waals surface area contributed by atoms with Gasteiger partial charge in [0.1, 0.15) is 0 Å². The van der Waals surface area contributed by atoms with Gasteiger partial charge in [-0.1, -0.05) is 6.07 Å². The van der Waals surface area contributed by atoms with Gasteiger partial charge in [-0.3, -0.25) is 4.79 Å². The number of nitrogens with two attached hydrogens (primary N) is 1. The highest BCUT2D eigenvalue weighted by molar-refractivity contribution is 5.76. The van der Waals surface area contributed by atoms with E-state index < -0.39 is 0 Å². The maximum atomic E-state index is 11.2. The van der Waals surface area contributed by atoms with Crippen molar-refractivity contribution in [2.24, 2.45) is 5.73 Å². The van der Waals surface area contributed by atoms with E-state index in [0.29, 0.717) is 11.5 Å². The van der Waals surface area contributed by atoms with E-state index in [2.05, 4.69) is 5.32 Å². The molecule has 0 heterocycles. The summed E-state index contributed by atoms with van der Waals surface area (Å²) in [5, 5.41) is 2.54. The molecule has 5 heteroatoms. The van der Waals surface area contributed by atoms with Crippen LogP contribution in [0.4, 0.5) is 0 Å². The first-order chi connectivity index (χ1) is 8.12. The molecule has 1 rings (SSSR count). The van der Waals surface area contributed by atoms with Crippen molar-refractivity contribution in [3.8, 4) is 11.5 Å². The van der Waals surface area contributed by atoms with Gasteiger partial charge in [-0.2, -0.15) is 0 Å². The fourth-order valence-electron chi connectivity index (χ4n) is 1.50. The Kier molecular flexibility index (Phi) is 4.78. The van der Waals surface area contributed by atoms with E-state index in [0.717, 1.165) is 5.56 Å². The van der Waals surface area contributed by atoms with E-state index in [1.165, 1.54) is 0 Å². The second-order valence-corrected chi connectivity index (χ2v) is 3.60. The van der Waals surface area contributed by atoms with E-state index >= 15 is 0 Å². The van der Waals surface area contributed by atoms with Crippen LogP contribution in [-0.2, 0) is 4.79 Å². The highest BCUT2D eigenvalue weighted by atomic mass is 16.5. The van der Waals surface area contributed by atoms with Gasteiger partial charge < -0.3 is 20.5 Å². The third-order valence-electron chi connectivity index (χ3n) is 2.52. The fraction of sp³-hybridized carbons (Fsp3) is 0.417. The van der Waals surface area contributed by atoms with Gasteiger partial charge in [0, 0.05) is 19.5 Å². The second-order valence-electron chi connectivity index (χ2n) is 3.60. The van der Waals surface area contributed by atoms with E-state index in [-0.39, 0.29) is 18.4 Å². The predicted molar refractivity (Wildman–Crippen MR) is 65.2 cm³/mol. The molecule has 3 N–H and O–H groups in total. The van der Waals surface area contributed by atoms with E-state index in [4.69, 9.17) is 15.2 Å². The molecule has 1 amide bonds. The molecule has 0 aliphatic carbocycles. The summed E-state index contributed by atoms with van der Waals surface area (Å²) in [6.45, 7) is 0. The molecular formula is C12H18N2O3. The summed E-state index contributed by atoms with van der Waals surface area (Å²) in [6, 6.07) is 5.04. The predicted octanol–water partition coefficient (Wildman–Crippen LogP) is 0.840. The monoisotopic (exact) mass is 238 g/mol. The highest BCUT2D eigenvalue weighted by Crippen LogP contribution is 2.30. The second kappa shape index (κ2) is 6.10. The Morgan fingerprint density at radius 1 is 1.35 bits per heavy atom. The molecular weight excluding hydrogens is 220 g/mol. The average molecular weight is 238 g/mol. The Balaban J connectivity index is 2.87. The first kappa shape index (κ1) is 13.3. The van der Waals surface area contributed by atoms with Crippen LogP contribution in [0.5, 0.6) is 11.5 Å². The van der Waals surface area contributed by atoms with Gasteiger partial charge in [-0.15, -0.1) is 0 Å². The van der Waals surface area contributed by atoms with Gasteiger partial charge in [0.25, 0.3) is 0 Å². The summed E-state index contributed by atoms with van der Waals surface area (Å²) in [7, 11) is 4.72. The molecule has 0 aliphatic rings. The van der Waals surface area contributed by atoms with Crippen molar-refractivity contribution in [1.29, 1.82) is 0 Å². The fourth-order valence-corrected chi connectivity index (χ4v) is 1.50. The number of amides is 1. The van der Waals surface area contributed by atoms with Crippen molar-refractivity contribution >= 4 is 5.91 Å². The van der Waals surface area contributed by atoms with Crippen LogP contribution in [0.3, 0.4) is 0 Å². The number of carbonyl (C=O) groups excluding carboxylic acids is 1. The first-order valence-electron chi connectivity index (χ1n) is 5.30. The average Bonchev–Trinajstić information content (AvgIpc) is 2.37. The molecule has 0 aliphatic heterocycles. The minimum absolute atomic E-state index is 0.0905. The zero-order chi connectivity index (χ0) is 12.8. The minimum atomic E-state index is -0.352. The standard InChI is InChI=1S/C12H18N2O3/c1-14-12(15)7-9(13)8-4-5-10(16-2)11(6-8)17-3/h4-6,9H,7,13H2,1-3H3,(H,14,15). The molecule has 0 bridgehead atoms. The van der Waals surface area contributed by atoms with Gasteiger partial charge in [0.2, 0.25) is 5.91 Å². The van der Waals surface area contributed by atoms with Crippen molar-refractivity contribution in [2.45, 2.75) is 12.5 Å². The minimum Gasteiger partial charge on any atom is -0.493 e. The number of hydrogen-bond donors (Lipinski definition) is 2. The molecule has 1 aromatic rings. The summed E-state index contributed by atoms with van der Waals surface area (Å²) < 4.78 is 10.3. The van der Waals surface area contributed by atoms with Crippen molar-refractivity contribution in [2.75, 3.05) is 21.3 Å². The Morgan fingerprint density at radius 2 is 2.00 bits per heavy atom. The van der Waals surface area contributed by atoms with Crippen molar-refractivity contribution in [3.05, 3.63) is 23.8 Å². The Morgan fingerprint density at radius 3 is 2.53 bits per heavy atom. The Bertz CT molecular complexity index is 393. The molecule has 1 aromatic carbocycles. The highest BCUT2D eigenvalue weighted by Gasteiger charge is 2.13. The normalized spacial score (nSPS) is 11.8. The van der Waals surface area contributed by atoms with Crippen LogP contribution in [0.25, 0.3) is 0 Å². The lowest BCUT2D eigenvalue weighted by molar-refractivity contribution is -0.120. The zero-order valence-electron chi connectivity index (χ0n) is 10.3. The van der Waals surface area contributed by atoms with E-state index in [1.54, 1.807) is 33.4 Å². The topological polar surface area (TPSA) is 73.6 Å². The zero-order valence-corrected chi connectivity index (χ0v) is 10.3. The maximum absolute atomic E-state index is 11.2. The molecule has 0 saturated carbocycles. The van der Waals surface area contributed by atoms with Crippen molar-refractivity contribution in [3.63, 3.8) is 0 Å². The van der Waals surface area contributed by atoms with Gasteiger partial charge in [-0.25, -0.2) is 0 Å². The number of benzene rings is 1. The van der Waals surface area contributed by atoms with Crippen molar-refractivity contribution in [1.82, 2.24) is 5.32 Å². The lowest BCUT2D eigenvalue weighted by Crippen LogP contribution is -2.24. The molecule has 1 atom stereocenters. The Labute approximate surface area is 101 Å². The van der Waals surface area contributed by atoms with E-state index in [9.17, 15) is 4.79 Å². The van der Waals surface area contributed by atoms with Gasteiger partial charge >= 0.3 is 0 Å². The molecule has 0 spiro atoms. The number of rotatable bonds is 5. The third kappa shape index (κ3) is 3.35. The van der Waals surface area contributed by atoms with Gasteiger partial charge in [-0.05, 0) is 17.7 Å². The van der Waals surface area contributed by atoms with Crippen LogP contribution in [0.2, 0.25) is 0 Å². The lowest BCUT2D eigenvalue weighted by Gasteiger charge is -2.14. The number of methoxy groups -OCH3 is 2. The van der Waals surface area contributed by atoms with Gasteiger partial charge in [0.05, 0.1) is 14.2 Å². The largest absolute Gasteiger partial charge is 0.493 e. The molecule has 0 fully saturated rings. The van der Waals surface area contributed by atoms with Crippen LogP contribution in [0.1, 0.15) is 18.0 Å². The van der Waals surface area contributed by atoms with Crippen LogP contribution >= 0.6 is 0 Å². The lowest BCUT2D eigenvalue weighted by atomic mass is 10.0. The molecule has 0 radical (unpaired) electrons. The third-order valence-corrected chi connectivity index (χ3v) is 2.52. The quantitative estimate of drug-likeness (QED) is 0.797. The van der Waals surface area contributed by atoms with Gasteiger partial charge in [0.15, 0.2) is 11.5 Å². The summed E-state index contributed by atoms with van der Waals surface area (Å²) in [4.78, 5) is 11.2. The molecule has 94 valence electrons. The summed E-state index contributed by atoms with van der Waals surface area (Å²) in [5.41, 5.74) is 6.77. The molecule has 0 aromatic heterocycles. The molecule has 1 unspecified atom stereocenters. The smallest absolute Gasteiger partial charge is 0.221 e. The molecule has 17 heavy (non-hydrogen) atoms. The molecule has 5 nitrogen and oxygen atoms in total. The molecule has 0 saturated heterocycles. The van der Waals surface area contributed by atoms with Crippen LogP contribution in [-0.4, -0.2) is 27.2 Å². The first-order valence-corrected chi connectivity index (χ1v) is 5.30. The number of hydrogen-bond acceptors (Lipinski definition) is 4. The number of ether oxygens (including phenoxy) is 2. The maximum Gasteiger partial charge on any atom is 0.221 e. The number of nitrogens with one attached hydrogen (secondary N) is 1. The van der Waals surface area contributed by atoms with E-state index in [1.807, 2.05) is 6.07 Å². The van der Waals surface area contributed by atoms with Crippen LogP contribution in [0.15, 0.2) is 18.2 Å². The van der Waals surface area contributed by atoms with Crippen molar-refractivity contribution < 1.29 is 14.3 Å². The summed E-state index contributed by atoms with van der Waals surface area (Å²) >= 11 is 0. The summed E-state index contributed by atoms with van der Waals surface area (Å²) in [5.74, 6) is 1.16. The van der Waals surface area contributed by atoms with Crippen LogP contribution < -0.4 is 20.5 Å². The number of carbonyl (C=O) groups is 1. The Hall–Kier alpha value is -1.75. The SMILES string of the molecule is CNC(=O)CC(N)c1ccc(OC)c(OC)c1.